The molecule has 0 radical (unpaired) electrons. The zero-order valence-corrected chi connectivity index (χ0v) is 17.9. The van der Waals surface area contributed by atoms with E-state index in [2.05, 4.69) is 16.2 Å². The molecule has 2 aromatic carbocycles. The fourth-order valence-electron chi connectivity index (χ4n) is 2.77. The molecule has 0 saturated heterocycles. The predicted octanol–water partition coefficient (Wildman–Crippen LogP) is 3.66. The van der Waals surface area contributed by atoms with Crippen molar-refractivity contribution in [3.63, 3.8) is 0 Å². The number of anilines is 1. The van der Waals surface area contributed by atoms with E-state index in [0.29, 0.717) is 23.4 Å². The molecule has 2 aromatic rings. The Hall–Kier alpha value is -3.35. The Morgan fingerprint density at radius 2 is 1.60 bits per heavy atom. The monoisotopic (exact) mass is 411 g/mol. The number of hydrogen-bond donors (Lipinski definition) is 3. The summed E-state index contributed by atoms with van der Waals surface area (Å²) in [6, 6.07) is 12.2. The third kappa shape index (κ3) is 6.62. The van der Waals surface area contributed by atoms with Gasteiger partial charge in [-0.1, -0.05) is 31.5 Å². The average molecular weight is 412 g/mol. The maximum Gasteiger partial charge on any atom is 0.279 e. The molecule has 0 unspecified atom stereocenters. The molecule has 0 aliphatic rings. The van der Waals surface area contributed by atoms with E-state index in [4.69, 9.17) is 4.74 Å². The number of amides is 3. The van der Waals surface area contributed by atoms with Crippen LogP contribution in [0.4, 0.5) is 5.69 Å². The van der Waals surface area contributed by atoms with Gasteiger partial charge in [-0.3, -0.25) is 25.2 Å². The van der Waals surface area contributed by atoms with Crippen LogP contribution >= 0.6 is 0 Å². The second-order valence-electron chi connectivity index (χ2n) is 7.15. The molecule has 0 spiro atoms. The first kappa shape index (κ1) is 22.9. The molecule has 2 rings (SSSR count). The van der Waals surface area contributed by atoms with E-state index in [-0.39, 0.29) is 5.91 Å². The van der Waals surface area contributed by atoms with E-state index in [1.807, 2.05) is 39.0 Å². The summed E-state index contributed by atoms with van der Waals surface area (Å²) >= 11 is 0. The van der Waals surface area contributed by atoms with Crippen LogP contribution in [0.15, 0.2) is 42.5 Å². The molecule has 0 aliphatic carbocycles. The zero-order valence-electron chi connectivity index (χ0n) is 17.9. The molecule has 30 heavy (non-hydrogen) atoms. The minimum Gasteiger partial charge on any atom is -0.480 e. The average Bonchev–Trinajstić information content (AvgIpc) is 2.73. The Morgan fingerprint density at radius 3 is 2.20 bits per heavy atom. The van der Waals surface area contributed by atoms with Crippen molar-refractivity contribution in [1.82, 2.24) is 10.9 Å². The fraction of sp³-hybridized carbons (Fsp3) is 0.348. The Kier molecular flexibility index (Phi) is 8.41. The van der Waals surface area contributed by atoms with Crippen molar-refractivity contribution in [3.8, 4) is 5.75 Å². The van der Waals surface area contributed by atoms with Crippen LogP contribution in [0, 0.1) is 13.8 Å². The van der Waals surface area contributed by atoms with Gasteiger partial charge in [0.1, 0.15) is 5.75 Å². The molecule has 0 bridgehead atoms. The molecule has 0 heterocycles. The molecule has 0 aliphatic heterocycles. The zero-order chi connectivity index (χ0) is 22.1. The van der Waals surface area contributed by atoms with Crippen molar-refractivity contribution in [2.45, 2.75) is 53.1 Å². The minimum absolute atomic E-state index is 0.0563. The summed E-state index contributed by atoms with van der Waals surface area (Å²) in [5.41, 5.74) is 7.59. The topological polar surface area (TPSA) is 96.5 Å². The molecule has 3 N–H and O–H groups in total. The van der Waals surface area contributed by atoms with Crippen molar-refractivity contribution in [3.05, 3.63) is 59.2 Å². The SMILES string of the molecule is CCCCC(=O)Nc1ccc(C(=O)NNC(=O)[C@H](C)Oc2c(C)cccc2C)cc1. The molecule has 1 atom stereocenters. The van der Waals surface area contributed by atoms with Crippen molar-refractivity contribution < 1.29 is 19.1 Å². The number of carbonyl (C=O) groups is 3. The van der Waals surface area contributed by atoms with E-state index in [1.165, 1.54) is 0 Å². The molecule has 3 amide bonds. The Bertz CT molecular complexity index is 874. The lowest BCUT2D eigenvalue weighted by Gasteiger charge is -2.18. The minimum atomic E-state index is -0.786. The van der Waals surface area contributed by atoms with E-state index in [1.54, 1.807) is 31.2 Å². The number of unbranched alkanes of at least 4 members (excludes halogenated alkanes) is 1. The first-order valence-corrected chi connectivity index (χ1v) is 10.0. The van der Waals surface area contributed by atoms with Gasteiger partial charge in [0.2, 0.25) is 5.91 Å². The smallest absolute Gasteiger partial charge is 0.279 e. The van der Waals surface area contributed by atoms with Crippen LogP contribution in [0.25, 0.3) is 0 Å². The van der Waals surface area contributed by atoms with Crippen molar-refractivity contribution >= 4 is 23.4 Å². The van der Waals surface area contributed by atoms with Gasteiger partial charge in [0.15, 0.2) is 6.10 Å². The van der Waals surface area contributed by atoms with Crippen LogP contribution in [-0.2, 0) is 9.59 Å². The lowest BCUT2D eigenvalue weighted by atomic mass is 10.1. The predicted molar refractivity (Wildman–Crippen MR) is 116 cm³/mol. The molecular formula is C23H29N3O4. The van der Waals surface area contributed by atoms with Gasteiger partial charge in [-0.05, 0) is 62.6 Å². The van der Waals surface area contributed by atoms with Gasteiger partial charge >= 0.3 is 0 Å². The van der Waals surface area contributed by atoms with Crippen molar-refractivity contribution in [2.24, 2.45) is 0 Å². The van der Waals surface area contributed by atoms with Crippen LogP contribution in [0.3, 0.4) is 0 Å². The standard InChI is InChI=1S/C23H29N3O4/c1-5-6-10-20(27)24-19-13-11-18(12-14-19)23(29)26-25-22(28)17(4)30-21-15(2)8-7-9-16(21)3/h7-9,11-14,17H,5-6,10H2,1-4H3,(H,24,27)(H,25,28)(H,26,29)/t17-/m0/s1. The third-order valence-corrected chi connectivity index (χ3v) is 4.56. The number of benzene rings is 2. The lowest BCUT2D eigenvalue weighted by Crippen LogP contribution is -2.47. The van der Waals surface area contributed by atoms with Gasteiger partial charge in [0.05, 0.1) is 0 Å². The van der Waals surface area contributed by atoms with Crippen LogP contribution < -0.4 is 20.9 Å². The van der Waals surface area contributed by atoms with Gasteiger partial charge in [0, 0.05) is 17.7 Å². The maximum atomic E-state index is 12.3. The number of rotatable bonds is 8. The van der Waals surface area contributed by atoms with Crippen LogP contribution in [0.5, 0.6) is 5.75 Å². The highest BCUT2D eigenvalue weighted by atomic mass is 16.5. The van der Waals surface area contributed by atoms with Gasteiger partial charge in [0.25, 0.3) is 11.8 Å². The van der Waals surface area contributed by atoms with Gasteiger partial charge in [-0.25, -0.2) is 0 Å². The van der Waals surface area contributed by atoms with Gasteiger partial charge in [-0.15, -0.1) is 0 Å². The number of hydrazine groups is 1. The Balaban J connectivity index is 1.85. The second-order valence-corrected chi connectivity index (χ2v) is 7.15. The summed E-state index contributed by atoms with van der Waals surface area (Å²) in [7, 11) is 0. The molecule has 0 aromatic heterocycles. The second kappa shape index (κ2) is 11.0. The van der Waals surface area contributed by atoms with Gasteiger partial charge < -0.3 is 10.1 Å². The maximum absolute atomic E-state index is 12.3. The Morgan fingerprint density at radius 1 is 0.967 bits per heavy atom. The van der Waals surface area contributed by atoms with Crippen LogP contribution in [0.1, 0.15) is 54.6 Å². The first-order valence-electron chi connectivity index (χ1n) is 10.0. The number of aryl methyl sites for hydroxylation is 2. The highest BCUT2D eigenvalue weighted by molar-refractivity contribution is 5.97. The number of nitrogens with one attached hydrogen (secondary N) is 3. The molecular weight excluding hydrogens is 382 g/mol. The van der Waals surface area contributed by atoms with Gasteiger partial charge in [-0.2, -0.15) is 0 Å². The number of hydrogen-bond acceptors (Lipinski definition) is 4. The highest BCUT2D eigenvalue weighted by Gasteiger charge is 2.17. The quantitative estimate of drug-likeness (QED) is 0.578. The largest absolute Gasteiger partial charge is 0.480 e. The van der Waals surface area contributed by atoms with Crippen LogP contribution in [-0.4, -0.2) is 23.8 Å². The molecule has 160 valence electrons. The summed E-state index contributed by atoms with van der Waals surface area (Å²) < 4.78 is 5.75. The first-order chi connectivity index (χ1) is 14.3. The molecule has 7 nitrogen and oxygen atoms in total. The third-order valence-electron chi connectivity index (χ3n) is 4.56. The Labute approximate surface area is 177 Å². The highest BCUT2D eigenvalue weighted by Crippen LogP contribution is 2.23. The normalized spacial score (nSPS) is 11.3. The fourth-order valence-corrected chi connectivity index (χ4v) is 2.77. The summed E-state index contributed by atoms with van der Waals surface area (Å²) in [6.45, 7) is 7.45. The van der Waals surface area contributed by atoms with Crippen molar-refractivity contribution in [2.75, 3.05) is 5.32 Å². The van der Waals surface area contributed by atoms with E-state index in [0.717, 1.165) is 24.0 Å². The number of carbonyl (C=O) groups excluding carboxylic acids is 3. The number of para-hydroxylation sites is 1. The summed E-state index contributed by atoms with van der Waals surface area (Å²) in [6.07, 6.45) is 1.46. The van der Waals surface area contributed by atoms with Crippen LogP contribution in [0.2, 0.25) is 0 Å². The molecule has 7 heteroatoms. The van der Waals surface area contributed by atoms with Crippen molar-refractivity contribution in [1.29, 1.82) is 0 Å². The summed E-state index contributed by atoms with van der Waals surface area (Å²) in [4.78, 5) is 36.3. The molecule has 0 fully saturated rings. The summed E-state index contributed by atoms with van der Waals surface area (Å²) in [5.74, 6) is -0.334. The van der Waals surface area contributed by atoms with E-state index >= 15 is 0 Å². The summed E-state index contributed by atoms with van der Waals surface area (Å²) in [5, 5.41) is 2.78. The lowest BCUT2D eigenvalue weighted by molar-refractivity contribution is -0.128. The molecule has 0 saturated carbocycles. The van der Waals surface area contributed by atoms with E-state index in [9.17, 15) is 14.4 Å². The number of ether oxygens (including phenoxy) is 1. The van der Waals surface area contributed by atoms with E-state index < -0.39 is 17.9 Å².